The van der Waals surface area contributed by atoms with Crippen molar-refractivity contribution in [1.82, 2.24) is 15.7 Å². The Balaban J connectivity index is 0.00000171. The Labute approximate surface area is 220 Å². The molecule has 38 heavy (non-hydrogen) atoms. The molecule has 18 heteroatoms. The van der Waals surface area contributed by atoms with Gasteiger partial charge in [0.15, 0.2) is 0 Å². The lowest BCUT2D eigenvalue weighted by molar-refractivity contribution is -0.192. The molecule has 0 unspecified atom stereocenters. The molecule has 1 rings (SSSR count). The maximum absolute atomic E-state index is 12.2. The van der Waals surface area contributed by atoms with Gasteiger partial charge in [-0.1, -0.05) is 15.9 Å². The Morgan fingerprint density at radius 2 is 1.53 bits per heavy atom. The summed E-state index contributed by atoms with van der Waals surface area (Å²) < 4.78 is 32.5. The number of nitrogens with two attached hydrogens (primary N) is 1. The number of carboxylic acids is 3. The summed E-state index contributed by atoms with van der Waals surface area (Å²) in [5.74, 6) is -7.63. The molecule has 1 aromatic carbocycles. The van der Waals surface area contributed by atoms with Crippen LogP contribution in [-0.4, -0.2) is 92.6 Å². The van der Waals surface area contributed by atoms with Gasteiger partial charge >= 0.3 is 24.1 Å². The number of benzene rings is 1. The minimum Gasteiger partial charge on any atom is -0.480 e. The maximum Gasteiger partial charge on any atom is 0.490 e. The summed E-state index contributed by atoms with van der Waals surface area (Å²) in [7, 11) is 0. The second-order valence-corrected chi connectivity index (χ2v) is 8.16. The molecule has 2 atom stereocenters. The Hall–Kier alpha value is -3.77. The molecular formula is C20H24BrF3N4O10. The van der Waals surface area contributed by atoms with Crippen LogP contribution in [-0.2, 0) is 24.0 Å². The van der Waals surface area contributed by atoms with Gasteiger partial charge < -0.3 is 31.7 Å². The average Bonchev–Trinajstić information content (AvgIpc) is 2.82. The van der Waals surface area contributed by atoms with Gasteiger partial charge in [-0.05, 0) is 37.1 Å². The van der Waals surface area contributed by atoms with E-state index in [1.165, 1.54) is 12.1 Å². The quantitative estimate of drug-likeness (QED) is 0.123. The fraction of sp³-hybridized carbons (Fsp3) is 0.400. The first kappa shape index (κ1) is 34.2. The largest absolute Gasteiger partial charge is 0.490 e. The van der Waals surface area contributed by atoms with Crippen LogP contribution in [0.4, 0.5) is 13.2 Å². The third-order valence-corrected chi connectivity index (χ3v) is 4.79. The molecule has 0 saturated carbocycles. The molecule has 8 N–H and O–H groups in total. The number of halogens is 4. The van der Waals surface area contributed by atoms with Gasteiger partial charge in [-0.25, -0.2) is 9.86 Å². The van der Waals surface area contributed by atoms with E-state index in [4.69, 9.17) is 25.8 Å². The average molecular weight is 617 g/mol. The van der Waals surface area contributed by atoms with Crippen molar-refractivity contribution in [3.05, 3.63) is 34.3 Å². The zero-order valence-corrected chi connectivity index (χ0v) is 20.9. The van der Waals surface area contributed by atoms with E-state index >= 15 is 0 Å². The Morgan fingerprint density at radius 3 is 1.97 bits per heavy atom. The molecule has 1 aromatic rings. The van der Waals surface area contributed by atoms with Gasteiger partial charge in [0.2, 0.25) is 11.8 Å². The zero-order chi connectivity index (χ0) is 29.6. The molecule has 0 radical (unpaired) electrons. The number of carbonyl (C=O) groups excluding carboxylic acids is 3. The summed E-state index contributed by atoms with van der Waals surface area (Å²) in [6.07, 6.45) is -5.80. The normalized spacial score (nSPS) is 12.2. The molecule has 3 amide bonds. The number of hydroxylamine groups is 2. The summed E-state index contributed by atoms with van der Waals surface area (Å²) >= 11 is 3.22. The minimum absolute atomic E-state index is 0.182. The zero-order valence-electron chi connectivity index (χ0n) is 19.3. The van der Waals surface area contributed by atoms with E-state index in [1.807, 2.05) is 0 Å². The smallest absolute Gasteiger partial charge is 0.480 e. The van der Waals surface area contributed by atoms with E-state index in [0.29, 0.717) is 5.06 Å². The van der Waals surface area contributed by atoms with Gasteiger partial charge in [0, 0.05) is 16.5 Å². The Morgan fingerprint density at radius 1 is 1.00 bits per heavy atom. The SMILES string of the molecule is N[C@@H](CCC(=O)N[C@@H](CCN(O)C(=O)c1ccc(Br)cc1)C(=O)NCC(=O)O)C(=O)O.O=C(O)C(F)(F)F. The molecule has 0 aliphatic rings. The standard InChI is InChI=1S/C18H23BrN4O8.C2HF3O2/c19-11-3-1-10(2-4-11)17(28)23(31)8-7-13(16(27)21-9-15(25)26)22-14(24)6-5-12(20)18(29)30;3-2(4,5)1(6)7/h1-4,12-13,31H,5-9,20H2,(H,21,27)(H,22,24)(H,25,26)(H,29,30);(H,6,7)/t12-,13-;/m0./s1. The number of rotatable bonds is 12. The first-order valence-electron chi connectivity index (χ1n) is 10.3. The molecule has 0 bridgehead atoms. The van der Waals surface area contributed by atoms with Crippen LogP contribution < -0.4 is 16.4 Å². The summed E-state index contributed by atoms with van der Waals surface area (Å²) in [5, 5.41) is 39.4. The van der Waals surface area contributed by atoms with Crippen molar-refractivity contribution >= 4 is 51.6 Å². The molecule has 0 aliphatic carbocycles. The van der Waals surface area contributed by atoms with Crippen LogP contribution in [0.5, 0.6) is 0 Å². The van der Waals surface area contributed by atoms with Gasteiger partial charge in [0.25, 0.3) is 5.91 Å². The lowest BCUT2D eigenvalue weighted by atomic mass is 10.1. The highest BCUT2D eigenvalue weighted by atomic mass is 79.9. The number of carboxylic acid groups (broad SMARTS) is 3. The fourth-order valence-corrected chi connectivity index (χ4v) is 2.59. The highest BCUT2D eigenvalue weighted by Crippen LogP contribution is 2.13. The van der Waals surface area contributed by atoms with E-state index in [-0.39, 0.29) is 31.4 Å². The summed E-state index contributed by atoms with van der Waals surface area (Å²) in [6, 6.07) is 3.61. The van der Waals surface area contributed by atoms with Crippen LogP contribution in [0, 0.1) is 0 Å². The molecule has 212 valence electrons. The van der Waals surface area contributed by atoms with Crippen LogP contribution in [0.1, 0.15) is 29.6 Å². The lowest BCUT2D eigenvalue weighted by Crippen LogP contribution is -2.49. The van der Waals surface area contributed by atoms with Gasteiger partial charge in [0.1, 0.15) is 18.6 Å². The molecule has 0 fully saturated rings. The third-order valence-electron chi connectivity index (χ3n) is 4.26. The highest BCUT2D eigenvalue weighted by molar-refractivity contribution is 9.10. The highest BCUT2D eigenvalue weighted by Gasteiger charge is 2.38. The van der Waals surface area contributed by atoms with Crippen molar-refractivity contribution in [3.8, 4) is 0 Å². The van der Waals surface area contributed by atoms with Crippen LogP contribution in [0.25, 0.3) is 0 Å². The van der Waals surface area contributed by atoms with Crippen LogP contribution in [0.2, 0.25) is 0 Å². The van der Waals surface area contributed by atoms with Crippen molar-refractivity contribution in [3.63, 3.8) is 0 Å². The second kappa shape index (κ2) is 16.2. The molecule has 0 saturated heterocycles. The maximum atomic E-state index is 12.2. The second-order valence-electron chi connectivity index (χ2n) is 7.24. The van der Waals surface area contributed by atoms with Crippen LogP contribution in [0.3, 0.4) is 0 Å². The van der Waals surface area contributed by atoms with Crippen molar-refractivity contribution in [2.75, 3.05) is 13.1 Å². The topological polar surface area (TPSA) is 237 Å². The van der Waals surface area contributed by atoms with E-state index < -0.39 is 60.4 Å². The first-order chi connectivity index (χ1) is 17.4. The van der Waals surface area contributed by atoms with E-state index in [1.54, 1.807) is 12.1 Å². The molecule has 14 nitrogen and oxygen atoms in total. The summed E-state index contributed by atoms with van der Waals surface area (Å²) in [6.45, 7) is -1.05. The predicted molar refractivity (Wildman–Crippen MR) is 123 cm³/mol. The van der Waals surface area contributed by atoms with Crippen LogP contribution >= 0.6 is 15.9 Å². The van der Waals surface area contributed by atoms with Crippen molar-refractivity contribution in [2.45, 2.75) is 37.5 Å². The Bertz CT molecular complexity index is 1010. The van der Waals surface area contributed by atoms with Crippen LogP contribution in [0.15, 0.2) is 28.7 Å². The number of hydrogen-bond donors (Lipinski definition) is 7. The summed E-state index contributed by atoms with van der Waals surface area (Å²) in [5.41, 5.74) is 5.51. The molecule has 0 aliphatic heterocycles. The van der Waals surface area contributed by atoms with Gasteiger partial charge in [-0.15, -0.1) is 0 Å². The number of carbonyl (C=O) groups is 6. The van der Waals surface area contributed by atoms with Crippen molar-refractivity contribution < 1.29 is 62.5 Å². The number of amides is 3. The third kappa shape index (κ3) is 14.1. The van der Waals surface area contributed by atoms with Crippen molar-refractivity contribution in [1.29, 1.82) is 0 Å². The Kier molecular flexibility index (Phi) is 14.5. The number of aliphatic carboxylic acids is 3. The van der Waals surface area contributed by atoms with E-state index in [9.17, 15) is 42.4 Å². The number of nitrogens with one attached hydrogen (secondary N) is 2. The molecule has 0 heterocycles. The minimum atomic E-state index is -5.08. The fourth-order valence-electron chi connectivity index (χ4n) is 2.33. The molecule has 0 aromatic heterocycles. The molecule has 0 spiro atoms. The van der Waals surface area contributed by atoms with Gasteiger partial charge in [-0.3, -0.25) is 29.2 Å². The first-order valence-corrected chi connectivity index (χ1v) is 11.1. The lowest BCUT2D eigenvalue weighted by Gasteiger charge is -2.21. The predicted octanol–water partition coefficient (Wildman–Crippen LogP) is 0.182. The monoisotopic (exact) mass is 616 g/mol. The number of nitrogens with zero attached hydrogens (tertiary/aromatic N) is 1. The van der Waals surface area contributed by atoms with Gasteiger partial charge in [-0.2, -0.15) is 13.2 Å². The number of alkyl halides is 3. The molecular weight excluding hydrogens is 593 g/mol. The van der Waals surface area contributed by atoms with Gasteiger partial charge in [0.05, 0.1) is 6.54 Å². The summed E-state index contributed by atoms with van der Waals surface area (Å²) in [4.78, 5) is 66.8. The number of hydrogen-bond acceptors (Lipinski definition) is 8. The van der Waals surface area contributed by atoms with E-state index in [0.717, 1.165) is 4.47 Å². The van der Waals surface area contributed by atoms with E-state index in [2.05, 4.69) is 26.6 Å². The van der Waals surface area contributed by atoms with Crippen molar-refractivity contribution in [2.24, 2.45) is 5.73 Å².